The zero-order chi connectivity index (χ0) is 39.5. The van der Waals surface area contributed by atoms with Crippen molar-refractivity contribution in [1.29, 1.82) is 0 Å². The Morgan fingerprint density at radius 3 is 1.81 bits per heavy atom. The van der Waals surface area contributed by atoms with Crippen LogP contribution in [0, 0.1) is 5.82 Å². The number of nitrogens with zero attached hydrogens (tertiary/aromatic N) is 1. The highest BCUT2D eigenvalue weighted by atomic mass is 35.5. The van der Waals surface area contributed by atoms with Crippen LogP contribution in [0.15, 0.2) is 59.6 Å². The highest BCUT2D eigenvalue weighted by molar-refractivity contribution is 6.11. The molecule has 0 spiro atoms. The summed E-state index contributed by atoms with van der Waals surface area (Å²) in [5, 5.41) is 17.8. The van der Waals surface area contributed by atoms with E-state index in [2.05, 4.69) is 20.9 Å². The molecular weight excluding hydrogens is 767 g/mol. The molecule has 0 unspecified atom stereocenters. The van der Waals surface area contributed by atoms with E-state index >= 15 is 4.39 Å². The molecule has 0 aliphatic carbocycles. The fraction of sp³-hybridized carbons (Fsp3) is 0.450. The summed E-state index contributed by atoms with van der Waals surface area (Å²) in [4.78, 5) is 44.1. The highest BCUT2D eigenvalue weighted by Gasteiger charge is 2.31. The molecular formula is C40H50ClFN4O11. The molecule has 0 aromatic heterocycles. The Bertz CT molecular complexity index is 1780. The molecule has 0 bridgehead atoms. The van der Waals surface area contributed by atoms with E-state index in [9.17, 15) is 14.4 Å². The topological polar surface area (TPSA) is 184 Å². The van der Waals surface area contributed by atoms with E-state index < -0.39 is 11.6 Å². The average molecular weight is 817 g/mol. The number of amides is 2. The fourth-order valence-corrected chi connectivity index (χ4v) is 5.94. The number of carbonyl (C=O) groups excluding carboxylic acids is 3. The molecule has 17 heteroatoms. The lowest BCUT2D eigenvalue weighted by molar-refractivity contribution is -0.0146. The van der Waals surface area contributed by atoms with Gasteiger partial charge in [-0.1, -0.05) is 18.2 Å². The molecule has 310 valence electrons. The zero-order valence-corrected chi connectivity index (χ0v) is 32.6. The number of rotatable bonds is 25. The number of ether oxygens (including phenoxy) is 7. The van der Waals surface area contributed by atoms with Gasteiger partial charge < -0.3 is 54.2 Å². The SMILES string of the molecule is COc1ccc(OCCOCCOCCOCCOCCOCCO)c(C(=O)c2ccc(C(=O)N[C@@H]3CNC[C@H]3NC(=O)c3ccc4c(c3)CN=C4)cc2)c1F.Cl. The molecule has 57 heavy (non-hydrogen) atoms. The monoisotopic (exact) mass is 816 g/mol. The van der Waals surface area contributed by atoms with Gasteiger partial charge >= 0.3 is 0 Å². The molecule has 1 saturated heterocycles. The Balaban J connectivity index is 0.00000720. The molecule has 5 rings (SSSR count). The number of halogens is 2. The number of aliphatic hydroxyl groups is 1. The fourth-order valence-electron chi connectivity index (χ4n) is 5.94. The van der Waals surface area contributed by atoms with E-state index in [0.717, 1.165) is 11.1 Å². The van der Waals surface area contributed by atoms with E-state index in [1.165, 1.54) is 43.5 Å². The van der Waals surface area contributed by atoms with E-state index in [1.807, 2.05) is 12.1 Å². The van der Waals surface area contributed by atoms with Crippen LogP contribution in [-0.4, -0.2) is 140 Å². The molecule has 3 aromatic carbocycles. The quantitative estimate of drug-likeness (QED) is 0.0725. The molecule has 2 aliphatic rings. The second-order valence-corrected chi connectivity index (χ2v) is 12.7. The Kier molecular flexibility index (Phi) is 19.3. The number of aliphatic hydroxyl groups excluding tert-OH is 1. The van der Waals surface area contributed by atoms with Gasteiger partial charge in [0.25, 0.3) is 11.8 Å². The minimum Gasteiger partial charge on any atom is -0.494 e. The van der Waals surface area contributed by atoms with Crippen LogP contribution in [-0.2, 0) is 30.2 Å². The number of methoxy groups -OCH3 is 1. The van der Waals surface area contributed by atoms with Gasteiger partial charge in [-0.25, -0.2) is 4.39 Å². The lowest BCUT2D eigenvalue weighted by Crippen LogP contribution is -2.51. The maximum Gasteiger partial charge on any atom is 0.251 e. The predicted octanol–water partition coefficient (Wildman–Crippen LogP) is 2.37. The molecule has 1 fully saturated rings. The third-order valence-corrected chi connectivity index (χ3v) is 8.88. The van der Waals surface area contributed by atoms with Gasteiger partial charge in [0.2, 0.25) is 0 Å². The second kappa shape index (κ2) is 24.3. The van der Waals surface area contributed by atoms with Crippen LogP contribution in [0.2, 0.25) is 0 Å². The zero-order valence-electron chi connectivity index (χ0n) is 31.8. The van der Waals surface area contributed by atoms with Gasteiger partial charge in [-0.05, 0) is 47.5 Å². The van der Waals surface area contributed by atoms with Crippen LogP contribution in [0.1, 0.15) is 47.8 Å². The van der Waals surface area contributed by atoms with Crippen LogP contribution in [0.25, 0.3) is 0 Å². The standard InChI is InChI=1S/C40H49FN4O11.ClH/c1-50-35-9-8-34(56-21-20-55-19-18-54-17-16-53-15-14-52-13-12-51-11-10-46)36(37(35)41)38(47)27-2-4-28(5-3-27)39(48)44-32-25-43-26-33(32)45-40(49)29-6-7-30-23-42-24-31(30)22-29;/h2-9,22-23,32-33,43,46H,10-21,24-26H2,1H3,(H,44,48)(H,45,49);1H/t32-,33-;/m1./s1. The number of hydrogen-bond donors (Lipinski definition) is 4. The van der Waals surface area contributed by atoms with Crippen molar-refractivity contribution >= 4 is 36.2 Å². The maximum absolute atomic E-state index is 15.5. The highest BCUT2D eigenvalue weighted by Crippen LogP contribution is 2.31. The van der Waals surface area contributed by atoms with Gasteiger partial charge in [0.1, 0.15) is 17.9 Å². The molecule has 3 aromatic rings. The van der Waals surface area contributed by atoms with E-state index in [-0.39, 0.29) is 84.3 Å². The summed E-state index contributed by atoms with van der Waals surface area (Å²) >= 11 is 0. The van der Waals surface area contributed by atoms with Crippen molar-refractivity contribution in [2.75, 3.05) is 99.5 Å². The predicted molar refractivity (Wildman–Crippen MR) is 210 cm³/mol. The Morgan fingerprint density at radius 1 is 0.719 bits per heavy atom. The van der Waals surface area contributed by atoms with Crippen LogP contribution in [0.5, 0.6) is 11.5 Å². The Labute approximate surface area is 336 Å². The maximum atomic E-state index is 15.5. The number of fused-ring (bicyclic) bond motifs is 1. The lowest BCUT2D eigenvalue weighted by Gasteiger charge is -2.21. The van der Waals surface area contributed by atoms with Gasteiger partial charge in [0.05, 0.1) is 98.4 Å². The molecule has 4 N–H and O–H groups in total. The molecule has 0 saturated carbocycles. The first-order valence-corrected chi connectivity index (χ1v) is 18.5. The molecule has 2 amide bonds. The summed E-state index contributed by atoms with van der Waals surface area (Å²) in [6.07, 6.45) is 1.79. The van der Waals surface area contributed by atoms with Gasteiger partial charge in [0.15, 0.2) is 17.3 Å². The number of benzene rings is 3. The number of nitrogens with one attached hydrogen (secondary N) is 3. The summed E-state index contributed by atoms with van der Waals surface area (Å²) in [6, 6.07) is 13.4. The minimum atomic E-state index is -0.873. The second-order valence-electron chi connectivity index (χ2n) is 12.7. The summed E-state index contributed by atoms with van der Waals surface area (Å²) < 4.78 is 53.3. The number of aliphatic imine (C=N–C) groups is 1. The van der Waals surface area contributed by atoms with E-state index in [4.69, 9.17) is 38.3 Å². The largest absolute Gasteiger partial charge is 0.494 e. The van der Waals surface area contributed by atoms with Gasteiger partial charge in [-0.15, -0.1) is 12.4 Å². The lowest BCUT2D eigenvalue weighted by atomic mass is 10.00. The molecule has 2 aliphatic heterocycles. The van der Waals surface area contributed by atoms with Crippen molar-refractivity contribution in [2.24, 2.45) is 4.99 Å². The smallest absolute Gasteiger partial charge is 0.251 e. The Hall–Kier alpha value is -4.52. The number of carbonyl (C=O) groups is 3. The number of hydrogen-bond acceptors (Lipinski definition) is 13. The molecule has 0 radical (unpaired) electrons. The Morgan fingerprint density at radius 2 is 1.23 bits per heavy atom. The van der Waals surface area contributed by atoms with Gasteiger partial charge in [-0.3, -0.25) is 19.4 Å². The van der Waals surface area contributed by atoms with Crippen LogP contribution < -0.4 is 25.4 Å². The van der Waals surface area contributed by atoms with E-state index in [1.54, 1.807) is 12.3 Å². The van der Waals surface area contributed by atoms with Crippen molar-refractivity contribution in [2.45, 2.75) is 18.6 Å². The summed E-state index contributed by atoms with van der Waals surface area (Å²) in [5.41, 5.74) is 2.64. The van der Waals surface area contributed by atoms with Crippen molar-refractivity contribution in [3.05, 3.63) is 93.8 Å². The third kappa shape index (κ3) is 13.5. The summed E-state index contributed by atoms with van der Waals surface area (Å²) in [5.74, 6) is -2.26. The van der Waals surface area contributed by atoms with Gasteiger partial charge in [0, 0.05) is 36.0 Å². The average Bonchev–Trinajstić information content (AvgIpc) is 3.87. The van der Waals surface area contributed by atoms with Crippen molar-refractivity contribution < 1.29 is 57.0 Å². The van der Waals surface area contributed by atoms with Crippen LogP contribution >= 0.6 is 12.4 Å². The number of ketones is 1. The van der Waals surface area contributed by atoms with Crippen LogP contribution in [0.3, 0.4) is 0 Å². The first kappa shape index (κ1) is 45.2. The van der Waals surface area contributed by atoms with Crippen molar-refractivity contribution in [3.63, 3.8) is 0 Å². The van der Waals surface area contributed by atoms with E-state index in [0.29, 0.717) is 84.7 Å². The third-order valence-electron chi connectivity index (χ3n) is 8.88. The summed E-state index contributed by atoms with van der Waals surface area (Å²) in [7, 11) is 1.30. The minimum absolute atomic E-state index is 0. The summed E-state index contributed by atoms with van der Waals surface area (Å²) in [6.45, 7) is 5.07. The normalized spacial score (nSPS) is 15.5. The molecule has 15 nitrogen and oxygen atoms in total. The van der Waals surface area contributed by atoms with Crippen LogP contribution in [0.4, 0.5) is 4.39 Å². The van der Waals surface area contributed by atoms with Crippen molar-refractivity contribution in [1.82, 2.24) is 16.0 Å². The first-order valence-electron chi connectivity index (χ1n) is 18.5. The first-order chi connectivity index (χ1) is 27.4. The molecule has 2 atom stereocenters. The van der Waals surface area contributed by atoms with Crippen molar-refractivity contribution in [3.8, 4) is 11.5 Å². The molecule has 2 heterocycles. The van der Waals surface area contributed by atoms with Gasteiger partial charge in [-0.2, -0.15) is 0 Å².